The van der Waals surface area contributed by atoms with Crippen molar-refractivity contribution in [3.05, 3.63) is 58.6 Å². The Morgan fingerprint density at radius 2 is 1.68 bits per heavy atom. The quantitative estimate of drug-likeness (QED) is 0.457. The zero-order valence-corrected chi connectivity index (χ0v) is 13.2. The van der Waals surface area contributed by atoms with Crippen LogP contribution in [0.2, 0.25) is 0 Å². The number of rotatable bonds is 7. The van der Waals surface area contributed by atoms with Gasteiger partial charge in [0, 0.05) is 34.2 Å². The van der Waals surface area contributed by atoms with Crippen LogP contribution in [-0.2, 0) is 0 Å². The van der Waals surface area contributed by atoms with Gasteiger partial charge in [-0.1, -0.05) is 11.8 Å². The normalized spacial score (nSPS) is 11.9. The fourth-order valence-corrected chi connectivity index (χ4v) is 2.63. The predicted molar refractivity (Wildman–Crippen MR) is 88.9 cm³/mol. The summed E-state index contributed by atoms with van der Waals surface area (Å²) in [6.45, 7) is 0.401. The molecule has 0 fully saturated rings. The second-order valence-electron chi connectivity index (χ2n) is 4.57. The van der Waals surface area contributed by atoms with Crippen molar-refractivity contribution in [2.24, 2.45) is 0 Å². The van der Waals surface area contributed by atoms with E-state index in [9.17, 15) is 15.2 Å². The molecule has 0 saturated heterocycles. The van der Waals surface area contributed by atoms with E-state index in [1.807, 2.05) is 24.3 Å². The van der Waals surface area contributed by atoms with Crippen molar-refractivity contribution in [1.82, 2.24) is 0 Å². The molecular formula is C15H15ClN2O3S. The molecule has 7 heteroatoms. The lowest BCUT2D eigenvalue weighted by molar-refractivity contribution is -0.384. The Kier molecular flexibility index (Phi) is 6.06. The Balaban J connectivity index is 1.94. The zero-order chi connectivity index (χ0) is 15.9. The molecule has 0 heterocycles. The number of aliphatic hydroxyl groups is 1. The van der Waals surface area contributed by atoms with E-state index >= 15 is 0 Å². The SMILES string of the molecule is O=[N+]([O-])c1ccc(Sc2ccc(NCC(O)CCl)cc2)cc1. The van der Waals surface area contributed by atoms with Crippen LogP contribution in [0.3, 0.4) is 0 Å². The van der Waals surface area contributed by atoms with E-state index < -0.39 is 11.0 Å². The van der Waals surface area contributed by atoms with Gasteiger partial charge in [0.1, 0.15) is 0 Å². The van der Waals surface area contributed by atoms with Crippen molar-refractivity contribution in [3.8, 4) is 0 Å². The third-order valence-corrected chi connectivity index (χ3v) is 4.23. The number of hydrogen-bond donors (Lipinski definition) is 2. The maximum atomic E-state index is 10.6. The maximum Gasteiger partial charge on any atom is 0.269 e. The summed E-state index contributed by atoms with van der Waals surface area (Å²) in [5.74, 6) is 0.196. The lowest BCUT2D eigenvalue weighted by Crippen LogP contribution is -2.20. The number of halogens is 1. The highest BCUT2D eigenvalue weighted by molar-refractivity contribution is 7.99. The van der Waals surface area contributed by atoms with Crippen LogP contribution in [0, 0.1) is 10.1 Å². The molecular weight excluding hydrogens is 324 g/mol. The monoisotopic (exact) mass is 338 g/mol. The molecule has 1 atom stereocenters. The molecule has 0 spiro atoms. The Morgan fingerprint density at radius 1 is 1.14 bits per heavy atom. The second-order valence-corrected chi connectivity index (χ2v) is 6.02. The zero-order valence-electron chi connectivity index (χ0n) is 11.6. The fourth-order valence-electron chi connectivity index (χ4n) is 1.70. The van der Waals surface area contributed by atoms with E-state index in [2.05, 4.69) is 5.32 Å². The second kappa shape index (κ2) is 8.03. The summed E-state index contributed by atoms with van der Waals surface area (Å²) in [4.78, 5) is 12.2. The molecule has 2 N–H and O–H groups in total. The summed E-state index contributed by atoms with van der Waals surface area (Å²) < 4.78 is 0. The number of alkyl halides is 1. The number of benzene rings is 2. The van der Waals surface area contributed by atoms with Gasteiger partial charge in [-0.3, -0.25) is 10.1 Å². The van der Waals surface area contributed by atoms with Crippen molar-refractivity contribution < 1.29 is 10.0 Å². The molecule has 2 aromatic rings. The molecule has 2 rings (SSSR count). The summed E-state index contributed by atoms with van der Waals surface area (Å²) in [5, 5.41) is 23.1. The van der Waals surface area contributed by atoms with Crippen LogP contribution in [0.25, 0.3) is 0 Å². The number of non-ortho nitro benzene ring substituents is 1. The maximum absolute atomic E-state index is 10.6. The first-order chi connectivity index (χ1) is 10.6. The Morgan fingerprint density at radius 3 is 2.18 bits per heavy atom. The molecule has 0 saturated carbocycles. The third-order valence-electron chi connectivity index (χ3n) is 2.86. The summed E-state index contributed by atoms with van der Waals surface area (Å²) in [6.07, 6.45) is -0.573. The lowest BCUT2D eigenvalue weighted by Gasteiger charge is -2.10. The van der Waals surface area contributed by atoms with Gasteiger partial charge >= 0.3 is 0 Å². The van der Waals surface area contributed by atoms with Crippen LogP contribution in [0.5, 0.6) is 0 Å². The first kappa shape index (κ1) is 16.6. The minimum absolute atomic E-state index is 0.0850. The van der Waals surface area contributed by atoms with Gasteiger partial charge in [-0.2, -0.15) is 0 Å². The molecule has 0 radical (unpaired) electrons. The molecule has 0 aromatic heterocycles. The van der Waals surface area contributed by atoms with Gasteiger partial charge in [0.2, 0.25) is 0 Å². The fraction of sp³-hybridized carbons (Fsp3) is 0.200. The van der Waals surface area contributed by atoms with E-state index in [0.717, 1.165) is 15.5 Å². The minimum Gasteiger partial charge on any atom is -0.390 e. The van der Waals surface area contributed by atoms with Gasteiger partial charge in [-0.25, -0.2) is 0 Å². The number of nitro benzene ring substituents is 1. The van der Waals surface area contributed by atoms with E-state index in [4.69, 9.17) is 11.6 Å². The van der Waals surface area contributed by atoms with Gasteiger partial charge in [-0.05, 0) is 36.4 Å². The summed E-state index contributed by atoms with van der Waals surface area (Å²) in [5.41, 5.74) is 0.985. The van der Waals surface area contributed by atoms with Crippen molar-refractivity contribution in [3.63, 3.8) is 0 Å². The largest absolute Gasteiger partial charge is 0.390 e. The number of aliphatic hydroxyl groups excluding tert-OH is 1. The summed E-state index contributed by atoms with van der Waals surface area (Å²) >= 11 is 7.05. The van der Waals surface area contributed by atoms with Gasteiger partial charge in [0.15, 0.2) is 0 Å². The third kappa shape index (κ3) is 4.91. The van der Waals surface area contributed by atoms with E-state index in [1.54, 1.807) is 12.1 Å². The predicted octanol–water partition coefficient (Wildman–Crippen LogP) is 3.76. The van der Waals surface area contributed by atoms with Gasteiger partial charge < -0.3 is 10.4 Å². The average Bonchev–Trinajstić information content (AvgIpc) is 2.54. The van der Waals surface area contributed by atoms with Crippen LogP contribution >= 0.6 is 23.4 Å². The first-order valence-corrected chi connectivity index (χ1v) is 7.94. The molecule has 5 nitrogen and oxygen atoms in total. The lowest BCUT2D eigenvalue weighted by atomic mass is 10.3. The topological polar surface area (TPSA) is 75.4 Å². The molecule has 1 unspecified atom stereocenters. The van der Waals surface area contributed by atoms with Crippen molar-refractivity contribution in [2.45, 2.75) is 15.9 Å². The van der Waals surface area contributed by atoms with E-state index in [0.29, 0.717) is 6.54 Å². The standard InChI is InChI=1S/C15H15ClN2O3S/c16-9-13(19)10-17-11-1-5-14(6-2-11)22-15-7-3-12(4-8-15)18(20)21/h1-8,13,17,19H,9-10H2. The number of nitrogens with zero attached hydrogens (tertiary/aromatic N) is 1. The highest BCUT2D eigenvalue weighted by atomic mass is 35.5. The number of nitro groups is 1. The minimum atomic E-state index is -0.573. The van der Waals surface area contributed by atoms with Crippen LogP contribution < -0.4 is 5.32 Å². The van der Waals surface area contributed by atoms with Gasteiger partial charge in [-0.15, -0.1) is 11.6 Å². The van der Waals surface area contributed by atoms with E-state index in [-0.39, 0.29) is 11.6 Å². The smallest absolute Gasteiger partial charge is 0.269 e. The first-order valence-electron chi connectivity index (χ1n) is 6.59. The van der Waals surface area contributed by atoms with Crippen LogP contribution in [0.1, 0.15) is 0 Å². The highest BCUT2D eigenvalue weighted by Crippen LogP contribution is 2.29. The van der Waals surface area contributed by atoms with Crippen molar-refractivity contribution in [1.29, 1.82) is 0 Å². The molecule has 2 aromatic carbocycles. The summed E-state index contributed by atoms with van der Waals surface area (Å²) in [6, 6.07) is 14.2. The number of anilines is 1. The molecule has 0 aliphatic carbocycles. The Bertz CT molecular complexity index is 620. The van der Waals surface area contributed by atoms with Crippen molar-refractivity contribution >= 4 is 34.7 Å². The van der Waals surface area contributed by atoms with Crippen LogP contribution in [0.15, 0.2) is 58.3 Å². The van der Waals surface area contributed by atoms with Crippen molar-refractivity contribution in [2.75, 3.05) is 17.7 Å². The molecule has 0 amide bonds. The molecule has 0 aliphatic rings. The molecule has 22 heavy (non-hydrogen) atoms. The number of nitrogens with one attached hydrogen (secondary N) is 1. The van der Waals surface area contributed by atoms with Crippen LogP contribution in [-0.4, -0.2) is 28.6 Å². The Hall–Kier alpha value is -1.76. The molecule has 0 aliphatic heterocycles. The van der Waals surface area contributed by atoms with Crippen LogP contribution in [0.4, 0.5) is 11.4 Å². The molecule has 116 valence electrons. The average molecular weight is 339 g/mol. The number of hydrogen-bond acceptors (Lipinski definition) is 5. The summed E-state index contributed by atoms with van der Waals surface area (Å²) in [7, 11) is 0. The highest BCUT2D eigenvalue weighted by Gasteiger charge is 2.05. The van der Waals surface area contributed by atoms with Gasteiger partial charge in [0.25, 0.3) is 5.69 Å². The van der Waals surface area contributed by atoms with E-state index in [1.165, 1.54) is 23.9 Å². The van der Waals surface area contributed by atoms with Gasteiger partial charge in [0.05, 0.1) is 16.9 Å². The molecule has 0 bridgehead atoms. The Labute approximate surface area is 137 Å².